The van der Waals surface area contributed by atoms with Gasteiger partial charge in [0.05, 0.1) is 20.1 Å². The van der Waals surface area contributed by atoms with E-state index in [4.69, 9.17) is 7.85 Å². The van der Waals surface area contributed by atoms with Gasteiger partial charge in [-0.25, -0.2) is 0 Å². The Kier molecular flexibility index (Phi) is 9.85. The lowest BCUT2D eigenvalue weighted by atomic mass is 9.75. The van der Waals surface area contributed by atoms with Crippen LogP contribution in [0.1, 0.15) is 55.2 Å². The zero-order chi connectivity index (χ0) is 19.8. The zero-order valence-electron chi connectivity index (χ0n) is 16.5. The summed E-state index contributed by atoms with van der Waals surface area (Å²) in [6.45, 7) is 4.29. The molecule has 0 bridgehead atoms. The van der Waals surface area contributed by atoms with Crippen molar-refractivity contribution < 1.29 is 10.2 Å². The van der Waals surface area contributed by atoms with Crippen molar-refractivity contribution in [2.45, 2.75) is 76.8 Å². The second-order valence-electron chi connectivity index (χ2n) is 7.67. The topological polar surface area (TPSA) is 40.5 Å². The third-order valence-electron chi connectivity index (χ3n) is 5.45. The highest BCUT2D eigenvalue weighted by molar-refractivity contribution is 9.10. The molecule has 5 heteroatoms. The first-order chi connectivity index (χ1) is 12.9. The van der Waals surface area contributed by atoms with Gasteiger partial charge < -0.3 is 10.2 Å². The number of hydrogen-bond donors (Lipinski definition) is 2. The molecule has 0 aromatic carbocycles. The molecule has 1 aliphatic rings. The summed E-state index contributed by atoms with van der Waals surface area (Å²) in [5.41, 5.74) is 0. The van der Waals surface area contributed by atoms with Gasteiger partial charge in [-0.15, -0.1) is 11.3 Å². The number of hydrogen-bond acceptors (Lipinski definition) is 3. The highest BCUT2D eigenvalue weighted by Crippen LogP contribution is 2.42. The fraction of sp³-hybridized carbons (Fsp3) is 0.636. The van der Waals surface area contributed by atoms with E-state index in [1.807, 2.05) is 12.2 Å². The number of thiophene rings is 1. The number of aliphatic hydroxyl groups is 2. The van der Waals surface area contributed by atoms with E-state index in [0.717, 1.165) is 23.7 Å². The third kappa shape index (κ3) is 7.19. The molecule has 5 atom stereocenters. The standard InChI is InChI=1S/C22H32BBrO2S/c1-3-4-5-6-7-8-19-18(20(23)14-22(19)26)12-10-16(25)9-11-17-13-21(24)15(2)27-17/h6-7,10,12-13,16,18-20,22,25-26H,3-5,8-9,11,14H2,1-2H3/b7-6?,12-10+/t16-,18+,19+,20?,22?/m0/s1. The van der Waals surface area contributed by atoms with Crippen LogP contribution in [0, 0.1) is 18.8 Å². The average Bonchev–Trinajstić information content (AvgIpc) is 3.09. The molecule has 148 valence electrons. The van der Waals surface area contributed by atoms with Crippen LogP contribution < -0.4 is 0 Å². The van der Waals surface area contributed by atoms with Crippen LogP contribution in [-0.4, -0.2) is 30.3 Å². The van der Waals surface area contributed by atoms with Gasteiger partial charge in [0.25, 0.3) is 0 Å². The van der Waals surface area contributed by atoms with Crippen LogP contribution in [0.5, 0.6) is 0 Å². The molecule has 1 aromatic heterocycles. The lowest BCUT2D eigenvalue weighted by Gasteiger charge is -2.20. The van der Waals surface area contributed by atoms with Gasteiger partial charge in [0.15, 0.2) is 0 Å². The maximum atomic E-state index is 10.4. The summed E-state index contributed by atoms with van der Waals surface area (Å²) < 4.78 is 1.15. The highest BCUT2D eigenvalue weighted by Gasteiger charge is 2.37. The smallest absolute Gasteiger partial charge is 0.0724 e. The van der Waals surface area contributed by atoms with Gasteiger partial charge >= 0.3 is 0 Å². The number of halogens is 1. The molecule has 1 aromatic rings. The van der Waals surface area contributed by atoms with E-state index < -0.39 is 6.10 Å². The first kappa shape index (κ1) is 22.9. The van der Waals surface area contributed by atoms with E-state index in [0.29, 0.717) is 12.8 Å². The van der Waals surface area contributed by atoms with Gasteiger partial charge in [-0.3, -0.25) is 0 Å². The molecule has 0 spiro atoms. The summed E-state index contributed by atoms with van der Waals surface area (Å²) in [5.74, 6) is 0.245. The SMILES string of the molecule is [B]C1CC(O)[C@H](CC=CCCCC)[C@H]1/C=C/[C@@H](O)CCc1cc(Br)c(C)s1. The van der Waals surface area contributed by atoms with Gasteiger partial charge in [-0.05, 0) is 72.9 Å². The highest BCUT2D eigenvalue weighted by atomic mass is 79.9. The maximum absolute atomic E-state index is 10.4. The summed E-state index contributed by atoms with van der Waals surface area (Å²) in [4.78, 5) is 2.56. The molecule has 0 saturated heterocycles. The Hall–Kier alpha value is -0.355. The summed E-state index contributed by atoms with van der Waals surface area (Å²) >= 11 is 5.32. The summed E-state index contributed by atoms with van der Waals surface area (Å²) in [6, 6.07) is 2.14. The van der Waals surface area contributed by atoms with Crippen molar-refractivity contribution in [3.8, 4) is 0 Å². The van der Waals surface area contributed by atoms with E-state index in [9.17, 15) is 10.2 Å². The Morgan fingerprint density at radius 2 is 2.19 bits per heavy atom. The lowest BCUT2D eigenvalue weighted by Crippen LogP contribution is -2.18. The van der Waals surface area contributed by atoms with Crippen LogP contribution in [0.15, 0.2) is 34.8 Å². The molecule has 1 heterocycles. The van der Waals surface area contributed by atoms with Gasteiger partial charge in [0.1, 0.15) is 0 Å². The molecule has 0 aliphatic heterocycles. The molecular formula is C22H32BBrO2S. The van der Waals surface area contributed by atoms with Gasteiger partial charge in [-0.1, -0.05) is 49.9 Å². The fourth-order valence-electron chi connectivity index (χ4n) is 3.76. The molecule has 2 rings (SSSR count). The van der Waals surface area contributed by atoms with E-state index in [1.54, 1.807) is 11.3 Å². The Balaban J connectivity index is 1.86. The Morgan fingerprint density at radius 3 is 2.85 bits per heavy atom. The summed E-state index contributed by atoms with van der Waals surface area (Å²) in [7, 11) is 6.26. The molecule has 2 N–H and O–H groups in total. The third-order valence-corrected chi connectivity index (χ3v) is 7.64. The minimum atomic E-state index is -0.475. The zero-order valence-corrected chi connectivity index (χ0v) is 18.9. The molecule has 0 amide bonds. The predicted octanol–water partition coefficient (Wildman–Crippen LogP) is 5.76. The normalized spacial score (nSPS) is 27.1. The number of allylic oxidation sites excluding steroid dienone is 3. The van der Waals surface area contributed by atoms with Crippen LogP contribution >= 0.6 is 27.3 Å². The molecule has 1 fully saturated rings. The number of aliphatic hydroxyl groups excluding tert-OH is 2. The largest absolute Gasteiger partial charge is 0.393 e. The van der Waals surface area contributed by atoms with Crippen LogP contribution in [0.2, 0.25) is 5.82 Å². The second-order valence-corrected chi connectivity index (χ2v) is 9.86. The number of unbranched alkanes of at least 4 members (excludes halogenated alkanes) is 2. The van der Waals surface area contributed by atoms with Crippen LogP contribution in [0.25, 0.3) is 0 Å². The van der Waals surface area contributed by atoms with Crippen molar-refractivity contribution >= 4 is 35.1 Å². The first-order valence-corrected chi connectivity index (χ1v) is 11.7. The van der Waals surface area contributed by atoms with Crippen molar-refractivity contribution in [1.29, 1.82) is 0 Å². The maximum Gasteiger partial charge on any atom is 0.0724 e. The summed E-state index contributed by atoms with van der Waals surface area (Å²) in [6.07, 6.45) is 14.1. The molecule has 27 heavy (non-hydrogen) atoms. The minimum Gasteiger partial charge on any atom is -0.393 e. The molecule has 2 unspecified atom stereocenters. The molecule has 1 aliphatic carbocycles. The van der Waals surface area contributed by atoms with Gasteiger partial charge in [-0.2, -0.15) is 0 Å². The monoisotopic (exact) mass is 450 g/mol. The van der Waals surface area contributed by atoms with E-state index in [2.05, 4.69) is 48.0 Å². The van der Waals surface area contributed by atoms with Crippen molar-refractivity contribution in [1.82, 2.24) is 0 Å². The predicted molar refractivity (Wildman–Crippen MR) is 121 cm³/mol. The number of aryl methyl sites for hydroxylation is 2. The quantitative estimate of drug-likeness (QED) is 0.270. The Morgan fingerprint density at radius 1 is 1.41 bits per heavy atom. The molecule has 2 radical (unpaired) electrons. The van der Waals surface area contributed by atoms with E-state index >= 15 is 0 Å². The second kappa shape index (κ2) is 11.6. The van der Waals surface area contributed by atoms with Gasteiger partial charge in [0.2, 0.25) is 0 Å². The first-order valence-electron chi connectivity index (χ1n) is 10.1. The molecular weight excluding hydrogens is 419 g/mol. The van der Waals surface area contributed by atoms with E-state index in [-0.39, 0.29) is 23.8 Å². The van der Waals surface area contributed by atoms with Crippen LogP contribution in [0.3, 0.4) is 0 Å². The van der Waals surface area contributed by atoms with Crippen molar-refractivity contribution in [2.24, 2.45) is 11.8 Å². The van der Waals surface area contributed by atoms with Crippen molar-refractivity contribution in [2.75, 3.05) is 0 Å². The fourth-order valence-corrected chi connectivity index (χ4v) is 5.38. The average molecular weight is 451 g/mol. The Labute approximate surface area is 178 Å². The van der Waals surface area contributed by atoms with Crippen molar-refractivity contribution in [3.63, 3.8) is 0 Å². The van der Waals surface area contributed by atoms with Crippen molar-refractivity contribution in [3.05, 3.63) is 44.6 Å². The minimum absolute atomic E-state index is 0.0339. The summed E-state index contributed by atoms with van der Waals surface area (Å²) in [5, 5.41) is 20.7. The molecule has 2 nitrogen and oxygen atoms in total. The van der Waals surface area contributed by atoms with Crippen LogP contribution in [0.4, 0.5) is 0 Å². The Bertz CT molecular complexity index is 608. The number of rotatable bonds is 10. The van der Waals surface area contributed by atoms with Gasteiger partial charge in [0, 0.05) is 14.2 Å². The lowest BCUT2D eigenvalue weighted by molar-refractivity contribution is 0.125. The molecule has 1 saturated carbocycles. The van der Waals surface area contributed by atoms with Crippen LogP contribution in [-0.2, 0) is 6.42 Å². The van der Waals surface area contributed by atoms with E-state index in [1.165, 1.54) is 22.6 Å².